The van der Waals surface area contributed by atoms with Gasteiger partial charge in [0.05, 0.1) is 19.6 Å². The third-order valence-electron chi connectivity index (χ3n) is 4.56. The molecule has 1 heterocycles. The Morgan fingerprint density at radius 1 is 1.04 bits per heavy atom. The quantitative estimate of drug-likeness (QED) is 0.480. The molecule has 0 radical (unpaired) electrons. The summed E-state index contributed by atoms with van der Waals surface area (Å²) >= 11 is 1.47. The molecule has 0 aliphatic heterocycles. The van der Waals surface area contributed by atoms with Crippen LogP contribution in [0.4, 0.5) is 0 Å². The van der Waals surface area contributed by atoms with Crippen LogP contribution >= 0.6 is 11.3 Å². The van der Waals surface area contributed by atoms with Crippen molar-refractivity contribution < 1.29 is 19.4 Å². The Kier molecular flexibility index (Phi) is 7.09. The molecule has 0 saturated carbocycles. The van der Waals surface area contributed by atoms with Crippen molar-refractivity contribution in [3.05, 3.63) is 82.0 Å². The lowest BCUT2D eigenvalue weighted by Crippen LogP contribution is -2.13. The number of benzene rings is 2. The van der Waals surface area contributed by atoms with Gasteiger partial charge in [0.1, 0.15) is 0 Å². The first-order chi connectivity index (χ1) is 13.7. The predicted molar refractivity (Wildman–Crippen MR) is 112 cm³/mol. The molecule has 0 bridgehead atoms. The van der Waals surface area contributed by atoms with E-state index in [1.807, 2.05) is 53.9 Å². The van der Waals surface area contributed by atoms with Crippen LogP contribution in [0, 0.1) is 0 Å². The Labute approximate surface area is 169 Å². The molecule has 0 fully saturated rings. The molecular formula is C23H24O4S. The van der Waals surface area contributed by atoms with Gasteiger partial charge >= 0.3 is 5.97 Å². The zero-order valence-electron chi connectivity index (χ0n) is 15.8. The second-order valence-corrected chi connectivity index (χ2v) is 7.51. The van der Waals surface area contributed by atoms with Crippen LogP contribution in [0.15, 0.2) is 66.0 Å². The molecule has 2 aromatic carbocycles. The summed E-state index contributed by atoms with van der Waals surface area (Å²) in [6.07, 6.45) is 2.29. The van der Waals surface area contributed by atoms with E-state index in [9.17, 15) is 9.90 Å². The average Bonchev–Trinajstić information content (AvgIpc) is 3.25. The molecule has 0 amide bonds. The van der Waals surface area contributed by atoms with Crippen molar-refractivity contribution in [3.63, 3.8) is 0 Å². The molecule has 1 atom stereocenters. The SMILES string of the molecule is COc1cc(CC(C(=O)O)c2cccs2)ccc1OCCCc1ccccc1. The first kappa shape index (κ1) is 20.0. The number of carbonyl (C=O) groups is 1. The van der Waals surface area contributed by atoms with Crippen molar-refractivity contribution >= 4 is 17.3 Å². The summed E-state index contributed by atoms with van der Waals surface area (Å²) in [5.74, 6) is -0.0557. The van der Waals surface area contributed by atoms with Gasteiger partial charge in [0.15, 0.2) is 11.5 Å². The Morgan fingerprint density at radius 2 is 1.86 bits per heavy atom. The van der Waals surface area contributed by atoms with Crippen molar-refractivity contribution in [2.75, 3.05) is 13.7 Å². The number of rotatable bonds is 10. The molecule has 0 aliphatic carbocycles. The Hall–Kier alpha value is -2.79. The number of methoxy groups -OCH3 is 1. The average molecular weight is 397 g/mol. The van der Waals surface area contributed by atoms with Crippen molar-refractivity contribution in [1.82, 2.24) is 0 Å². The molecule has 0 aliphatic rings. The van der Waals surface area contributed by atoms with Gasteiger partial charge in [-0.05, 0) is 54.0 Å². The minimum Gasteiger partial charge on any atom is -0.493 e. The maximum absolute atomic E-state index is 11.7. The second-order valence-electron chi connectivity index (χ2n) is 6.53. The number of aryl methyl sites for hydroxylation is 1. The maximum Gasteiger partial charge on any atom is 0.312 e. The van der Waals surface area contributed by atoms with E-state index in [2.05, 4.69) is 12.1 Å². The molecule has 3 rings (SSSR count). The van der Waals surface area contributed by atoms with E-state index < -0.39 is 11.9 Å². The summed E-state index contributed by atoms with van der Waals surface area (Å²) in [7, 11) is 1.60. The standard InChI is InChI=1S/C23H24O4S/c1-26-21-16-18(15-19(23(24)25)22-10-6-14-28-22)11-12-20(21)27-13-5-9-17-7-3-2-4-8-17/h2-4,6-8,10-12,14,16,19H,5,9,13,15H2,1H3,(H,24,25). The van der Waals surface area contributed by atoms with Gasteiger partial charge < -0.3 is 14.6 Å². The monoisotopic (exact) mass is 396 g/mol. The molecule has 146 valence electrons. The topological polar surface area (TPSA) is 55.8 Å². The van der Waals surface area contributed by atoms with Crippen LogP contribution in [-0.2, 0) is 17.6 Å². The summed E-state index contributed by atoms with van der Waals surface area (Å²) in [6.45, 7) is 0.595. The summed E-state index contributed by atoms with van der Waals surface area (Å²) in [4.78, 5) is 12.5. The Balaban J connectivity index is 1.60. The first-order valence-electron chi connectivity index (χ1n) is 9.27. The van der Waals surface area contributed by atoms with Gasteiger partial charge in [-0.2, -0.15) is 0 Å². The van der Waals surface area contributed by atoms with Crippen molar-refractivity contribution in [3.8, 4) is 11.5 Å². The fraction of sp³-hybridized carbons (Fsp3) is 0.261. The van der Waals surface area contributed by atoms with Gasteiger partial charge in [-0.1, -0.05) is 42.5 Å². The lowest BCUT2D eigenvalue weighted by molar-refractivity contribution is -0.138. The molecule has 1 N–H and O–H groups in total. The number of ether oxygens (including phenoxy) is 2. The van der Waals surface area contributed by atoms with Gasteiger partial charge in [0.25, 0.3) is 0 Å². The van der Waals surface area contributed by atoms with Crippen LogP contribution in [0.3, 0.4) is 0 Å². The molecule has 0 spiro atoms. The van der Waals surface area contributed by atoms with E-state index in [-0.39, 0.29) is 0 Å². The number of hydrogen-bond donors (Lipinski definition) is 1. The Morgan fingerprint density at radius 3 is 2.54 bits per heavy atom. The van der Waals surface area contributed by atoms with Gasteiger partial charge in [-0.25, -0.2) is 0 Å². The normalized spacial score (nSPS) is 11.8. The zero-order chi connectivity index (χ0) is 19.8. The highest BCUT2D eigenvalue weighted by atomic mass is 32.1. The van der Waals surface area contributed by atoms with Crippen molar-refractivity contribution in [2.24, 2.45) is 0 Å². The highest BCUT2D eigenvalue weighted by molar-refractivity contribution is 7.10. The summed E-state index contributed by atoms with van der Waals surface area (Å²) < 4.78 is 11.4. The van der Waals surface area contributed by atoms with Crippen LogP contribution in [0.5, 0.6) is 11.5 Å². The second kappa shape index (κ2) is 9.95. The zero-order valence-corrected chi connectivity index (χ0v) is 16.7. The lowest BCUT2D eigenvalue weighted by Gasteiger charge is -2.14. The summed E-state index contributed by atoms with van der Waals surface area (Å²) in [5.41, 5.74) is 2.20. The molecule has 1 aromatic heterocycles. The molecule has 3 aromatic rings. The molecule has 5 heteroatoms. The lowest BCUT2D eigenvalue weighted by atomic mass is 9.97. The fourth-order valence-corrected chi connectivity index (χ4v) is 3.92. The van der Waals surface area contributed by atoms with Gasteiger partial charge in [-0.3, -0.25) is 4.79 Å². The number of carboxylic acids is 1. The minimum atomic E-state index is -0.817. The third-order valence-corrected chi connectivity index (χ3v) is 5.55. The molecular weight excluding hydrogens is 372 g/mol. The van der Waals surface area contributed by atoms with Crippen molar-refractivity contribution in [2.45, 2.75) is 25.2 Å². The molecule has 0 saturated heterocycles. The largest absolute Gasteiger partial charge is 0.493 e. The number of carboxylic acid groups (broad SMARTS) is 1. The van der Waals surface area contributed by atoms with Crippen LogP contribution in [0.1, 0.15) is 28.3 Å². The highest BCUT2D eigenvalue weighted by Gasteiger charge is 2.22. The summed E-state index contributed by atoms with van der Waals surface area (Å²) in [6, 6.07) is 19.7. The third kappa shape index (κ3) is 5.36. The van der Waals surface area contributed by atoms with E-state index in [1.54, 1.807) is 7.11 Å². The highest BCUT2D eigenvalue weighted by Crippen LogP contribution is 2.32. The van der Waals surface area contributed by atoms with Gasteiger partial charge in [0.2, 0.25) is 0 Å². The van der Waals surface area contributed by atoms with E-state index in [0.717, 1.165) is 23.3 Å². The molecule has 1 unspecified atom stereocenters. The smallest absolute Gasteiger partial charge is 0.312 e. The van der Waals surface area contributed by atoms with Crippen LogP contribution < -0.4 is 9.47 Å². The predicted octanol–water partition coefficient (Wildman–Crippen LogP) is 5.18. The van der Waals surface area contributed by atoms with Crippen molar-refractivity contribution in [1.29, 1.82) is 0 Å². The van der Waals surface area contributed by atoms with Gasteiger partial charge in [-0.15, -0.1) is 11.3 Å². The van der Waals surface area contributed by atoms with Crippen LogP contribution in [-0.4, -0.2) is 24.8 Å². The van der Waals surface area contributed by atoms with Crippen LogP contribution in [0.25, 0.3) is 0 Å². The van der Waals surface area contributed by atoms with E-state index in [1.165, 1.54) is 16.9 Å². The number of hydrogen-bond acceptors (Lipinski definition) is 4. The van der Waals surface area contributed by atoms with E-state index >= 15 is 0 Å². The van der Waals surface area contributed by atoms with E-state index in [0.29, 0.717) is 24.5 Å². The number of aliphatic carboxylic acids is 1. The van der Waals surface area contributed by atoms with Gasteiger partial charge in [0, 0.05) is 4.88 Å². The van der Waals surface area contributed by atoms with Crippen LogP contribution in [0.2, 0.25) is 0 Å². The minimum absolute atomic E-state index is 0.417. The molecule has 4 nitrogen and oxygen atoms in total. The molecule has 28 heavy (non-hydrogen) atoms. The maximum atomic E-state index is 11.7. The summed E-state index contributed by atoms with van der Waals surface area (Å²) in [5, 5.41) is 11.5. The number of thiophene rings is 1. The fourth-order valence-electron chi connectivity index (χ4n) is 3.10. The Bertz CT molecular complexity index is 875. The first-order valence-corrected chi connectivity index (χ1v) is 10.1. The van der Waals surface area contributed by atoms with E-state index in [4.69, 9.17) is 9.47 Å².